The highest BCUT2D eigenvalue weighted by Crippen LogP contribution is 2.21. The number of rotatable bonds is 4. The third-order valence-electron chi connectivity index (χ3n) is 3.47. The Bertz CT molecular complexity index is 901. The molecule has 5 heteroatoms. The molecule has 0 atom stereocenters. The molecule has 0 aliphatic heterocycles. The van der Waals surface area contributed by atoms with Crippen molar-refractivity contribution in [1.29, 1.82) is 0 Å². The van der Waals surface area contributed by atoms with Crippen molar-refractivity contribution in [2.45, 2.75) is 0 Å². The summed E-state index contributed by atoms with van der Waals surface area (Å²) >= 11 is 0. The van der Waals surface area contributed by atoms with Crippen LogP contribution in [-0.2, 0) is 0 Å². The van der Waals surface area contributed by atoms with Crippen molar-refractivity contribution in [1.82, 2.24) is 10.2 Å². The van der Waals surface area contributed by atoms with Gasteiger partial charge in [0.15, 0.2) is 0 Å². The Morgan fingerprint density at radius 2 is 1.70 bits per heavy atom. The van der Waals surface area contributed by atoms with Crippen molar-refractivity contribution in [3.8, 4) is 17.0 Å². The Balaban J connectivity index is 2.09. The highest BCUT2D eigenvalue weighted by Gasteiger charge is 2.18. The molecule has 3 rings (SSSR count). The fraction of sp³-hybridized carbons (Fsp3) is 0.0556. The minimum atomic E-state index is -0.527. The standard InChI is InChI=1S/C18H14N2O3/c1-23-16-10-6-5-9-13(16)17(21)14-11-15(19-20-18(14)22)12-7-3-2-4-8-12/h2-11H,1H3,(H,20,22). The number of carbonyl (C=O) groups is 1. The number of hydrogen-bond acceptors (Lipinski definition) is 4. The number of hydrogen-bond donors (Lipinski definition) is 1. The smallest absolute Gasteiger partial charge is 0.275 e. The van der Waals surface area contributed by atoms with E-state index in [1.165, 1.54) is 13.2 Å². The Morgan fingerprint density at radius 3 is 2.43 bits per heavy atom. The van der Waals surface area contributed by atoms with Crippen molar-refractivity contribution < 1.29 is 9.53 Å². The van der Waals surface area contributed by atoms with Gasteiger partial charge in [-0.3, -0.25) is 9.59 Å². The van der Waals surface area contributed by atoms with Gasteiger partial charge in [-0.25, -0.2) is 5.10 Å². The van der Waals surface area contributed by atoms with Gasteiger partial charge in [0.2, 0.25) is 5.78 Å². The number of carbonyl (C=O) groups excluding carboxylic acids is 1. The van der Waals surface area contributed by atoms with Crippen molar-refractivity contribution >= 4 is 5.78 Å². The molecule has 114 valence electrons. The quantitative estimate of drug-likeness (QED) is 0.752. The molecule has 0 aliphatic carbocycles. The Kier molecular flexibility index (Phi) is 4.01. The summed E-state index contributed by atoms with van der Waals surface area (Å²) in [5, 5.41) is 6.39. The first kappa shape index (κ1) is 14.7. The van der Waals surface area contributed by atoms with Gasteiger partial charge in [0.25, 0.3) is 5.56 Å². The second-order valence-corrected chi connectivity index (χ2v) is 4.89. The van der Waals surface area contributed by atoms with Gasteiger partial charge in [-0.05, 0) is 18.2 Å². The van der Waals surface area contributed by atoms with Crippen molar-refractivity contribution in [3.05, 3.63) is 82.1 Å². The summed E-state index contributed by atoms with van der Waals surface area (Å²) in [6.07, 6.45) is 0. The SMILES string of the molecule is COc1ccccc1C(=O)c1cc(-c2ccccc2)n[nH]c1=O. The van der Waals surface area contributed by atoms with E-state index in [-0.39, 0.29) is 5.56 Å². The number of benzene rings is 2. The van der Waals surface area contributed by atoms with E-state index >= 15 is 0 Å². The first-order valence-corrected chi connectivity index (χ1v) is 7.03. The van der Waals surface area contributed by atoms with Gasteiger partial charge >= 0.3 is 0 Å². The molecule has 0 amide bonds. The molecular weight excluding hydrogens is 292 g/mol. The number of methoxy groups -OCH3 is 1. The lowest BCUT2D eigenvalue weighted by Gasteiger charge is -2.07. The maximum absolute atomic E-state index is 12.7. The lowest BCUT2D eigenvalue weighted by molar-refractivity contribution is 0.103. The lowest BCUT2D eigenvalue weighted by Crippen LogP contribution is -2.20. The Labute approximate surface area is 132 Å². The Morgan fingerprint density at radius 1 is 1.00 bits per heavy atom. The van der Waals surface area contributed by atoms with Gasteiger partial charge < -0.3 is 4.74 Å². The number of ether oxygens (including phenoxy) is 1. The molecule has 0 unspecified atom stereocenters. The van der Waals surface area contributed by atoms with Crippen LogP contribution in [0.2, 0.25) is 0 Å². The van der Waals surface area contributed by atoms with Crippen molar-refractivity contribution in [3.63, 3.8) is 0 Å². The normalized spacial score (nSPS) is 10.3. The molecule has 3 aromatic rings. The monoisotopic (exact) mass is 306 g/mol. The van der Waals surface area contributed by atoms with Crippen LogP contribution in [0.4, 0.5) is 0 Å². The minimum absolute atomic E-state index is 0.0309. The van der Waals surface area contributed by atoms with E-state index < -0.39 is 11.3 Å². The molecule has 0 spiro atoms. The van der Waals surface area contributed by atoms with Gasteiger partial charge in [0.1, 0.15) is 5.75 Å². The van der Waals surface area contributed by atoms with Crippen LogP contribution in [0.3, 0.4) is 0 Å². The number of nitrogens with zero attached hydrogens (tertiary/aromatic N) is 1. The number of aromatic amines is 1. The molecule has 1 aromatic heterocycles. The van der Waals surface area contributed by atoms with Gasteiger partial charge in [-0.2, -0.15) is 5.10 Å². The third kappa shape index (κ3) is 2.89. The van der Waals surface area contributed by atoms with E-state index in [1.807, 2.05) is 30.3 Å². The van der Waals surface area contributed by atoms with Crippen LogP contribution in [0, 0.1) is 0 Å². The summed E-state index contributed by atoms with van der Waals surface area (Å²) in [4.78, 5) is 24.7. The second-order valence-electron chi connectivity index (χ2n) is 4.89. The molecule has 1 N–H and O–H groups in total. The fourth-order valence-electron chi connectivity index (χ4n) is 2.31. The predicted molar refractivity (Wildman–Crippen MR) is 86.7 cm³/mol. The molecule has 0 radical (unpaired) electrons. The zero-order valence-electron chi connectivity index (χ0n) is 12.4. The average molecular weight is 306 g/mol. The lowest BCUT2D eigenvalue weighted by atomic mass is 10.0. The summed E-state index contributed by atoms with van der Waals surface area (Å²) in [6, 6.07) is 17.6. The number of H-pyrrole nitrogens is 1. The van der Waals surface area contributed by atoms with Gasteiger partial charge in [0.05, 0.1) is 23.9 Å². The van der Waals surface area contributed by atoms with Gasteiger partial charge in [-0.15, -0.1) is 0 Å². The largest absolute Gasteiger partial charge is 0.496 e. The molecule has 23 heavy (non-hydrogen) atoms. The molecule has 0 saturated heterocycles. The molecule has 0 saturated carbocycles. The first-order valence-electron chi connectivity index (χ1n) is 7.03. The maximum Gasteiger partial charge on any atom is 0.275 e. The van der Waals surface area contributed by atoms with Gasteiger partial charge in [0, 0.05) is 5.56 Å². The average Bonchev–Trinajstić information content (AvgIpc) is 2.62. The van der Waals surface area contributed by atoms with E-state index in [1.54, 1.807) is 24.3 Å². The van der Waals surface area contributed by atoms with Crippen molar-refractivity contribution in [2.24, 2.45) is 0 Å². The van der Waals surface area contributed by atoms with E-state index in [9.17, 15) is 9.59 Å². The summed E-state index contributed by atoms with van der Waals surface area (Å²) in [5.41, 5.74) is 1.19. The molecule has 2 aromatic carbocycles. The molecule has 0 fully saturated rings. The van der Waals surface area contributed by atoms with Crippen LogP contribution in [0.1, 0.15) is 15.9 Å². The maximum atomic E-state index is 12.7. The van der Waals surface area contributed by atoms with Crippen LogP contribution >= 0.6 is 0 Å². The van der Waals surface area contributed by atoms with Crippen LogP contribution in [0.15, 0.2) is 65.5 Å². The molecular formula is C18H14N2O3. The molecule has 0 aliphatic rings. The third-order valence-corrected chi connectivity index (χ3v) is 3.47. The van der Waals surface area contributed by atoms with Crippen molar-refractivity contribution in [2.75, 3.05) is 7.11 Å². The van der Waals surface area contributed by atoms with E-state index in [0.717, 1.165) is 5.56 Å². The topological polar surface area (TPSA) is 72.0 Å². The van der Waals surface area contributed by atoms with Crippen LogP contribution in [0.5, 0.6) is 5.75 Å². The predicted octanol–water partition coefficient (Wildman–Crippen LogP) is 2.68. The number of para-hydroxylation sites is 1. The molecule has 0 bridgehead atoms. The second kappa shape index (κ2) is 6.27. The number of ketones is 1. The highest BCUT2D eigenvalue weighted by atomic mass is 16.5. The van der Waals surface area contributed by atoms with Crippen LogP contribution in [-0.4, -0.2) is 23.1 Å². The minimum Gasteiger partial charge on any atom is -0.496 e. The summed E-state index contributed by atoms with van der Waals surface area (Å²) < 4.78 is 5.19. The summed E-state index contributed by atoms with van der Waals surface area (Å²) in [5.74, 6) is 0.0262. The summed E-state index contributed by atoms with van der Waals surface area (Å²) in [6.45, 7) is 0. The number of aromatic nitrogens is 2. The Hall–Kier alpha value is -3.21. The number of nitrogens with one attached hydrogen (secondary N) is 1. The molecule has 1 heterocycles. The van der Waals surface area contributed by atoms with E-state index in [0.29, 0.717) is 17.0 Å². The van der Waals surface area contributed by atoms with Crippen LogP contribution in [0.25, 0.3) is 11.3 Å². The highest BCUT2D eigenvalue weighted by molar-refractivity contribution is 6.10. The fourth-order valence-corrected chi connectivity index (χ4v) is 2.31. The van der Waals surface area contributed by atoms with E-state index in [4.69, 9.17) is 4.74 Å². The van der Waals surface area contributed by atoms with Gasteiger partial charge in [-0.1, -0.05) is 42.5 Å². The van der Waals surface area contributed by atoms with E-state index in [2.05, 4.69) is 10.2 Å². The first-order chi connectivity index (χ1) is 11.2. The summed E-state index contributed by atoms with van der Waals surface area (Å²) in [7, 11) is 1.48. The molecule has 5 nitrogen and oxygen atoms in total. The zero-order valence-corrected chi connectivity index (χ0v) is 12.4. The zero-order chi connectivity index (χ0) is 16.2. The van der Waals surface area contributed by atoms with Crippen LogP contribution < -0.4 is 10.3 Å².